The number of aromatic nitrogens is 5. The van der Waals surface area contributed by atoms with Crippen LogP contribution in [0.15, 0.2) is 10.9 Å². The molecule has 7 nitrogen and oxygen atoms in total. The number of H-pyrrole nitrogens is 1. The van der Waals surface area contributed by atoms with E-state index in [2.05, 4.69) is 25.3 Å². The maximum Gasteiger partial charge on any atom is 0.239 e. The molecule has 3 rings (SSSR count). The molecule has 0 amide bonds. The van der Waals surface area contributed by atoms with Crippen molar-refractivity contribution in [3.8, 4) is 11.6 Å². The molecule has 2 aromatic heterocycles. The molecule has 90 valence electrons. The van der Waals surface area contributed by atoms with Crippen LogP contribution in [0.4, 0.5) is 0 Å². The van der Waals surface area contributed by atoms with Crippen LogP contribution in [-0.2, 0) is 6.42 Å². The predicted octanol–water partition coefficient (Wildman–Crippen LogP) is 0.232. The Bertz CT molecular complexity index is 489. The van der Waals surface area contributed by atoms with Gasteiger partial charge in [0.15, 0.2) is 5.82 Å². The second-order valence-electron chi connectivity index (χ2n) is 4.19. The maximum absolute atomic E-state index is 6.23. The Labute approximate surface area is 102 Å². The fourth-order valence-corrected chi connectivity index (χ4v) is 3.15. The zero-order valence-electron chi connectivity index (χ0n) is 9.09. The van der Waals surface area contributed by atoms with Crippen molar-refractivity contribution in [2.75, 3.05) is 11.5 Å². The molecule has 1 saturated heterocycles. The third kappa shape index (κ3) is 2.18. The summed E-state index contributed by atoms with van der Waals surface area (Å²) in [7, 11) is 0. The first kappa shape index (κ1) is 10.7. The van der Waals surface area contributed by atoms with E-state index in [1.807, 2.05) is 11.8 Å². The normalized spacial score (nSPS) is 24.3. The van der Waals surface area contributed by atoms with E-state index in [4.69, 9.17) is 10.3 Å². The number of aromatic amines is 1. The minimum Gasteiger partial charge on any atom is -0.339 e. The van der Waals surface area contributed by atoms with Gasteiger partial charge in [0.25, 0.3) is 0 Å². The fourth-order valence-electron chi connectivity index (χ4n) is 1.80. The molecule has 0 saturated carbocycles. The van der Waals surface area contributed by atoms with Crippen LogP contribution in [0.2, 0.25) is 0 Å². The van der Waals surface area contributed by atoms with Crippen molar-refractivity contribution in [1.29, 1.82) is 0 Å². The summed E-state index contributed by atoms with van der Waals surface area (Å²) in [6, 6.07) is 0. The van der Waals surface area contributed by atoms with Crippen molar-refractivity contribution in [2.24, 2.45) is 5.73 Å². The molecule has 0 bridgehead atoms. The number of hydrogen-bond donors (Lipinski definition) is 2. The average Bonchev–Trinajstić information content (AvgIpc) is 2.98. The smallest absolute Gasteiger partial charge is 0.239 e. The van der Waals surface area contributed by atoms with Crippen molar-refractivity contribution in [1.82, 2.24) is 25.3 Å². The van der Waals surface area contributed by atoms with E-state index in [-0.39, 0.29) is 5.54 Å². The van der Waals surface area contributed by atoms with Gasteiger partial charge in [-0.25, -0.2) is 4.98 Å². The number of nitrogens with two attached hydrogens (primary N) is 1. The highest BCUT2D eigenvalue weighted by Gasteiger charge is 2.32. The molecule has 3 heterocycles. The summed E-state index contributed by atoms with van der Waals surface area (Å²) in [6.07, 6.45) is 3.00. The van der Waals surface area contributed by atoms with Crippen molar-refractivity contribution in [2.45, 2.75) is 18.4 Å². The molecule has 1 unspecified atom stereocenters. The highest BCUT2D eigenvalue weighted by Crippen LogP contribution is 2.28. The van der Waals surface area contributed by atoms with Crippen LogP contribution in [0.1, 0.15) is 12.3 Å². The summed E-state index contributed by atoms with van der Waals surface area (Å²) in [5.41, 5.74) is 6.02. The molecular formula is C9H12N6OS. The van der Waals surface area contributed by atoms with Crippen LogP contribution in [0.25, 0.3) is 11.6 Å². The quantitative estimate of drug-likeness (QED) is 0.805. The van der Waals surface area contributed by atoms with Gasteiger partial charge in [0.2, 0.25) is 11.7 Å². The van der Waals surface area contributed by atoms with Gasteiger partial charge in [-0.1, -0.05) is 5.16 Å². The van der Waals surface area contributed by atoms with Gasteiger partial charge in [-0.15, -0.1) is 0 Å². The zero-order chi connectivity index (χ0) is 11.7. The Morgan fingerprint density at radius 1 is 1.59 bits per heavy atom. The monoisotopic (exact) mass is 252 g/mol. The number of rotatable bonds is 3. The Kier molecular flexibility index (Phi) is 2.60. The summed E-state index contributed by atoms with van der Waals surface area (Å²) >= 11 is 1.86. The van der Waals surface area contributed by atoms with Gasteiger partial charge in [-0.05, 0) is 12.2 Å². The van der Waals surface area contributed by atoms with E-state index >= 15 is 0 Å². The van der Waals surface area contributed by atoms with E-state index in [0.29, 0.717) is 24.0 Å². The summed E-state index contributed by atoms with van der Waals surface area (Å²) < 4.78 is 5.18. The second kappa shape index (κ2) is 4.11. The SMILES string of the molecule is NC1(Cc2nc(-c3ncn[nH]3)no2)CCSC1. The number of nitrogens with one attached hydrogen (secondary N) is 1. The topological polar surface area (TPSA) is 107 Å². The summed E-state index contributed by atoms with van der Waals surface area (Å²) in [5.74, 6) is 3.52. The van der Waals surface area contributed by atoms with Crippen molar-refractivity contribution in [3.63, 3.8) is 0 Å². The van der Waals surface area contributed by atoms with Crippen molar-refractivity contribution < 1.29 is 4.52 Å². The van der Waals surface area contributed by atoms with Gasteiger partial charge in [-0.3, -0.25) is 5.10 Å². The highest BCUT2D eigenvalue weighted by molar-refractivity contribution is 7.99. The van der Waals surface area contributed by atoms with E-state index in [1.165, 1.54) is 6.33 Å². The molecule has 1 aliphatic heterocycles. The highest BCUT2D eigenvalue weighted by atomic mass is 32.2. The molecular weight excluding hydrogens is 240 g/mol. The minimum absolute atomic E-state index is 0.212. The van der Waals surface area contributed by atoms with E-state index in [0.717, 1.165) is 17.9 Å². The Balaban J connectivity index is 1.77. The van der Waals surface area contributed by atoms with Gasteiger partial charge in [0, 0.05) is 17.7 Å². The first-order valence-corrected chi connectivity index (χ1v) is 6.46. The molecule has 3 N–H and O–H groups in total. The van der Waals surface area contributed by atoms with Gasteiger partial charge in [-0.2, -0.15) is 21.8 Å². The van der Waals surface area contributed by atoms with Crippen molar-refractivity contribution >= 4 is 11.8 Å². The van der Waals surface area contributed by atoms with Crippen LogP contribution >= 0.6 is 11.8 Å². The van der Waals surface area contributed by atoms with Crippen molar-refractivity contribution in [3.05, 3.63) is 12.2 Å². The number of thioether (sulfide) groups is 1. The minimum atomic E-state index is -0.212. The zero-order valence-corrected chi connectivity index (χ0v) is 9.90. The third-order valence-corrected chi connectivity index (χ3v) is 4.00. The first-order valence-electron chi connectivity index (χ1n) is 5.30. The molecule has 2 aromatic rings. The largest absolute Gasteiger partial charge is 0.339 e. The summed E-state index contributed by atoms with van der Waals surface area (Å²) in [5, 5.41) is 10.3. The Morgan fingerprint density at radius 2 is 2.53 bits per heavy atom. The van der Waals surface area contributed by atoms with Crippen LogP contribution < -0.4 is 5.73 Å². The first-order chi connectivity index (χ1) is 8.25. The van der Waals surface area contributed by atoms with Gasteiger partial charge >= 0.3 is 0 Å². The lowest BCUT2D eigenvalue weighted by molar-refractivity contribution is 0.341. The Hall–Kier alpha value is -1.41. The van der Waals surface area contributed by atoms with E-state index in [9.17, 15) is 0 Å². The third-order valence-electron chi connectivity index (χ3n) is 2.73. The Morgan fingerprint density at radius 3 is 3.24 bits per heavy atom. The predicted molar refractivity (Wildman–Crippen MR) is 62.2 cm³/mol. The lowest BCUT2D eigenvalue weighted by Gasteiger charge is -2.19. The lowest BCUT2D eigenvalue weighted by atomic mass is 9.96. The molecule has 17 heavy (non-hydrogen) atoms. The molecule has 0 spiro atoms. The summed E-state index contributed by atoms with van der Waals surface area (Å²) in [6.45, 7) is 0. The van der Waals surface area contributed by atoms with E-state index < -0.39 is 0 Å². The second-order valence-corrected chi connectivity index (χ2v) is 5.29. The summed E-state index contributed by atoms with van der Waals surface area (Å²) in [4.78, 5) is 8.22. The van der Waals surface area contributed by atoms with Gasteiger partial charge < -0.3 is 10.3 Å². The van der Waals surface area contributed by atoms with E-state index in [1.54, 1.807) is 0 Å². The molecule has 0 aromatic carbocycles. The van der Waals surface area contributed by atoms with Crippen LogP contribution in [-0.4, -0.2) is 42.4 Å². The fraction of sp³-hybridized carbons (Fsp3) is 0.556. The molecule has 1 fully saturated rings. The standard InChI is InChI=1S/C9H12N6OS/c10-9(1-2-17-4-9)3-6-13-8(15-16-6)7-11-5-12-14-7/h5H,1-4,10H2,(H,11,12,14). The average molecular weight is 252 g/mol. The van der Waals surface area contributed by atoms with Gasteiger partial charge in [0.05, 0.1) is 0 Å². The molecule has 8 heteroatoms. The van der Waals surface area contributed by atoms with Gasteiger partial charge in [0.1, 0.15) is 6.33 Å². The van der Waals surface area contributed by atoms with Crippen LogP contribution in [0.5, 0.6) is 0 Å². The molecule has 1 atom stereocenters. The molecule has 1 aliphatic rings. The molecule has 0 radical (unpaired) electrons. The van der Waals surface area contributed by atoms with Crippen LogP contribution in [0.3, 0.4) is 0 Å². The number of nitrogens with zero attached hydrogens (tertiary/aromatic N) is 4. The number of hydrogen-bond acceptors (Lipinski definition) is 7. The lowest BCUT2D eigenvalue weighted by Crippen LogP contribution is -2.42. The van der Waals surface area contributed by atoms with Crippen LogP contribution in [0, 0.1) is 0 Å². The maximum atomic E-state index is 6.23. The molecule has 0 aliphatic carbocycles.